The second kappa shape index (κ2) is 6.87. The van der Waals surface area contributed by atoms with Crippen LogP contribution in [-0.4, -0.2) is 60.0 Å². The summed E-state index contributed by atoms with van der Waals surface area (Å²) in [5, 5.41) is 10.4. The fourth-order valence-electron chi connectivity index (χ4n) is 2.53. The van der Waals surface area contributed by atoms with Gasteiger partial charge >= 0.3 is 5.97 Å². The van der Waals surface area contributed by atoms with Gasteiger partial charge in [-0.2, -0.15) is 0 Å². The summed E-state index contributed by atoms with van der Waals surface area (Å²) in [4.78, 5) is 27.8. The van der Waals surface area contributed by atoms with Crippen LogP contribution in [0.4, 0.5) is 0 Å². The lowest BCUT2D eigenvalue weighted by Crippen LogP contribution is -2.47. The zero-order valence-electron chi connectivity index (χ0n) is 12.3. The molecule has 2 heterocycles. The van der Waals surface area contributed by atoms with Crippen molar-refractivity contribution in [3.05, 3.63) is 28.0 Å². The summed E-state index contributed by atoms with van der Waals surface area (Å²) in [6, 6.07) is 1.99. The Bertz CT molecular complexity index is 553. The van der Waals surface area contributed by atoms with E-state index in [1.807, 2.05) is 11.9 Å². The number of carbonyl (C=O) groups is 2. The average molecular weight is 308 g/mol. The fraction of sp³-hybridized carbons (Fsp3) is 0.467. The van der Waals surface area contributed by atoms with Gasteiger partial charge in [0.15, 0.2) is 0 Å². The number of aliphatic carboxylic acids is 1. The summed E-state index contributed by atoms with van der Waals surface area (Å²) < 4.78 is 0. The number of carboxylic acid groups (broad SMARTS) is 1. The number of hydrogen-bond donors (Lipinski definition) is 1. The predicted molar refractivity (Wildman–Crippen MR) is 83.6 cm³/mol. The molecule has 1 aliphatic rings. The van der Waals surface area contributed by atoms with Crippen LogP contribution in [0.1, 0.15) is 28.1 Å². The third-order valence-electron chi connectivity index (χ3n) is 3.72. The van der Waals surface area contributed by atoms with Gasteiger partial charge in [-0.3, -0.25) is 4.79 Å². The molecule has 6 heteroatoms. The summed E-state index contributed by atoms with van der Waals surface area (Å²) in [5.74, 6) is -0.986. The average Bonchev–Trinajstić information content (AvgIpc) is 2.92. The largest absolute Gasteiger partial charge is 0.478 e. The normalized spacial score (nSPS) is 19.8. The van der Waals surface area contributed by atoms with Crippen molar-refractivity contribution in [2.75, 3.05) is 27.2 Å². The van der Waals surface area contributed by atoms with Crippen molar-refractivity contribution in [1.82, 2.24) is 9.80 Å². The van der Waals surface area contributed by atoms with Crippen LogP contribution in [0.25, 0.3) is 6.08 Å². The highest BCUT2D eigenvalue weighted by Crippen LogP contribution is 2.20. The molecule has 1 aliphatic heterocycles. The van der Waals surface area contributed by atoms with Gasteiger partial charge in [-0.1, -0.05) is 0 Å². The molecule has 1 aromatic heterocycles. The first-order valence-electron chi connectivity index (χ1n) is 6.92. The lowest BCUT2D eigenvalue weighted by atomic mass is 10.0. The SMILES string of the molecule is CN1CCCC(N(C)C(=O)c2csc(C=CC(=O)O)c2)C1. The van der Waals surface area contributed by atoms with E-state index < -0.39 is 5.97 Å². The third-order valence-corrected chi connectivity index (χ3v) is 4.62. The van der Waals surface area contributed by atoms with Gasteiger partial charge in [-0.15, -0.1) is 11.3 Å². The maximum atomic E-state index is 12.5. The molecule has 1 fully saturated rings. The first-order chi connectivity index (χ1) is 9.97. The summed E-state index contributed by atoms with van der Waals surface area (Å²) in [7, 11) is 3.92. The number of carboxylic acids is 1. The molecule has 1 saturated heterocycles. The molecule has 114 valence electrons. The van der Waals surface area contributed by atoms with Gasteiger partial charge in [-0.25, -0.2) is 4.79 Å². The summed E-state index contributed by atoms with van der Waals surface area (Å²) in [6.07, 6.45) is 4.73. The van der Waals surface area contributed by atoms with Crippen LogP contribution < -0.4 is 0 Å². The first kappa shape index (κ1) is 15.7. The topological polar surface area (TPSA) is 60.9 Å². The van der Waals surface area contributed by atoms with Gasteiger partial charge in [0.1, 0.15) is 0 Å². The van der Waals surface area contributed by atoms with Gasteiger partial charge < -0.3 is 14.9 Å². The molecule has 1 atom stereocenters. The van der Waals surface area contributed by atoms with Gasteiger partial charge in [0, 0.05) is 36.0 Å². The zero-order valence-corrected chi connectivity index (χ0v) is 13.1. The van der Waals surface area contributed by atoms with Crippen LogP contribution in [0, 0.1) is 0 Å². The molecular weight excluding hydrogens is 288 g/mol. The second-order valence-corrected chi connectivity index (χ2v) is 6.33. The van der Waals surface area contributed by atoms with Crippen molar-refractivity contribution in [2.24, 2.45) is 0 Å². The van der Waals surface area contributed by atoms with E-state index >= 15 is 0 Å². The Morgan fingerprint density at radius 2 is 2.29 bits per heavy atom. The highest BCUT2D eigenvalue weighted by atomic mass is 32.1. The van der Waals surface area contributed by atoms with Crippen molar-refractivity contribution in [1.29, 1.82) is 0 Å². The van der Waals surface area contributed by atoms with E-state index in [9.17, 15) is 9.59 Å². The lowest BCUT2D eigenvalue weighted by Gasteiger charge is -2.35. The van der Waals surface area contributed by atoms with Crippen molar-refractivity contribution in [2.45, 2.75) is 18.9 Å². The molecule has 1 aromatic rings. The van der Waals surface area contributed by atoms with Gasteiger partial charge in [-0.05, 0) is 38.6 Å². The lowest BCUT2D eigenvalue weighted by molar-refractivity contribution is -0.131. The second-order valence-electron chi connectivity index (χ2n) is 5.38. The number of carbonyl (C=O) groups excluding carboxylic acids is 1. The monoisotopic (exact) mass is 308 g/mol. The zero-order chi connectivity index (χ0) is 15.4. The quantitative estimate of drug-likeness (QED) is 0.864. The Morgan fingerprint density at radius 1 is 1.52 bits per heavy atom. The molecule has 1 amide bonds. The minimum Gasteiger partial charge on any atom is -0.478 e. The number of hydrogen-bond acceptors (Lipinski definition) is 4. The Kier molecular flexibility index (Phi) is 5.14. The highest BCUT2D eigenvalue weighted by molar-refractivity contribution is 7.11. The van der Waals surface area contributed by atoms with E-state index in [0.717, 1.165) is 36.9 Å². The van der Waals surface area contributed by atoms with E-state index in [2.05, 4.69) is 11.9 Å². The summed E-state index contributed by atoms with van der Waals surface area (Å²) >= 11 is 1.38. The van der Waals surface area contributed by atoms with Gasteiger partial charge in [0.05, 0.1) is 5.56 Å². The molecule has 21 heavy (non-hydrogen) atoms. The molecular formula is C15H20N2O3S. The molecule has 0 saturated carbocycles. The maximum Gasteiger partial charge on any atom is 0.328 e. The number of piperidine rings is 1. The van der Waals surface area contributed by atoms with E-state index in [1.165, 1.54) is 17.4 Å². The molecule has 0 radical (unpaired) electrons. The molecule has 0 aromatic carbocycles. The van der Waals surface area contributed by atoms with Crippen LogP contribution in [0.15, 0.2) is 17.5 Å². The number of likely N-dealkylation sites (N-methyl/N-ethyl adjacent to an activating group) is 2. The predicted octanol–water partition coefficient (Wildman–Crippen LogP) is 2.01. The fourth-order valence-corrected chi connectivity index (χ4v) is 3.30. The maximum absolute atomic E-state index is 12.5. The van der Waals surface area contributed by atoms with Gasteiger partial charge in [0.2, 0.25) is 0 Å². The van der Waals surface area contributed by atoms with Crippen LogP contribution in [0.5, 0.6) is 0 Å². The number of likely N-dealkylation sites (tertiary alicyclic amines) is 1. The molecule has 0 aliphatic carbocycles. The Labute approximate surface area is 128 Å². The summed E-state index contributed by atoms with van der Waals surface area (Å²) in [5.41, 5.74) is 0.626. The number of nitrogens with zero attached hydrogens (tertiary/aromatic N) is 2. The standard InChI is InChI=1S/C15H20N2O3S/c1-16-7-3-4-12(9-16)17(2)15(20)11-8-13(21-10-11)5-6-14(18)19/h5-6,8,10,12H,3-4,7,9H2,1-2H3,(H,18,19). The van der Waals surface area contributed by atoms with E-state index in [-0.39, 0.29) is 11.9 Å². The van der Waals surface area contributed by atoms with Crippen LogP contribution in [0.3, 0.4) is 0 Å². The molecule has 5 nitrogen and oxygen atoms in total. The number of amides is 1. The van der Waals surface area contributed by atoms with Crippen LogP contribution in [0.2, 0.25) is 0 Å². The minimum absolute atomic E-state index is 0.00141. The molecule has 2 rings (SSSR count). The molecule has 1 N–H and O–H groups in total. The van der Waals surface area contributed by atoms with Crippen molar-refractivity contribution >= 4 is 29.3 Å². The number of rotatable bonds is 4. The smallest absolute Gasteiger partial charge is 0.328 e. The van der Waals surface area contributed by atoms with E-state index in [4.69, 9.17) is 5.11 Å². The van der Waals surface area contributed by atoms with Gasteiger partial charge in [0.25, 0.3) is 5.91 Å². The summed E-state index contributed by atoms with van der Waals surface area (Å²) in [6.45, 7) is 1.99. The highest BCUT2D eigenvalue weighted by Gasteiger charge is 2.25. The first-order valence-corrected chi connectivity index (χ1v) is 7.80. The van der Waals surface area contributed by atoms with E-state index in [1.54, 1.807) is 11.4 Å². The molecule has 1 unspecified atom stereocenters. The minimum atomic E-state index is -0.987. The van der Waals surface area contributed by atoms with E-state index in [0.29, 0.717) is 5.56 Å². The Hall–Kier alpha value is -1.66. The van der Waals surface area contributed by atoms with Crippen LogP contribution in [-0.2, 0) is 4.79 Å². The Morgan fingerprint density at radius 3 is 2.95 bits per heavy atom. The molecule has 0 spiro atoms. The van der Waals surface area contributed by atoms with Crippen LogP contribution >= 0.6 is 11.3 Å². The van der Waals surface area contributed by atoms with Crippen molar-refractivity contribution in [3.63, 3.8) is 0 Å². The number of thiophene rings is 1. The molecule has 0 bridgehead atoms. The van der Waals surface area contributed by atoms with Crippen molar-refractivity contribution < 1.29 is 14.7 Å². The third kappa shape index (κ3) is 4.15. The van der Waals surface area contributed by atoms with Crippen molar-refractivity contribution in [3.8, 4) is 0 Å². The Balaban J connectivity index is 2.03.